The van der Waals surface area contributed by atoms with Crippen LogP contribution in [0.1, 0.15) is 23.4 Å². The number of nitrogens with zero attached hydrogens (tertiary/aromatic N) is 2. The number of urea groups is 1. The smallest absolute Gasteiger partial charge is 0.320 e. The molecule has 94 valence electrons. The standard InChI is InChI=1S/C12H19N3OS/c1-8-4-5-17-11(8)10-7-15(9(2)6-13)12(16)14(10)3/h4-5,9-10H,6-7,13H2,1-3H3. The first-order valence-corrected chi connectivity index (χ1v) is 6.71. The molecule has 0 bridgehead atoms. The Labute approximate surface area is 106 Å². The summed E-state index contributed by atoms with van der Waals surface area (Å²) in [5.41, 5.74) is 6.91. The lowest BCUT2D eigenvalue weighted by Crippen LogP contribution is -2.40. The van der Waals surface area contributed by atoms with Crippen LogP contribution in [0, 0.1) is 6.92 Å². The van der Waals surface area contributed by atoms with Crippen LogP contribution < -0.4 is 5.73 Å². The lowest BCUT2D eigenvalue weighted by molar-refractivity contribution is 0.185. The Morgan fingerprint density at radius 3 is 2.88 bits per heavy atom. The molecule has 0 spiro atoms. The highest BCUT2D eigenvalue weighted by Gasteiger charge is 2.38. The second kappa shape index (κ2) is 4.66. The van der Waals surface area contributed by atoms with Crippen molar-refractivity contribution in [3.8, 4) is 0 Å². The van der Waals surface area contributed by atoms with E-state index in [1.165, 1.54) is 10.4 Å². The molecule has 1 aromatic rings. The molecule has 0 radical (unpaired) electrons. The van der Waals surface area contributed by atoms with Gasteiger partial charge in [0.1, 0.15) is 0 Å². The molecule has 2 heterocycles. The van der Waals surface area contributed by atoms with Crippen LogP contribution in [0.4, 0.5) is 4.79 Å². The number of carbonyl (C=O) groups excluding carboxylic acids is 1. The average molecular weight is 253 g/mol. The number of aryl methyl sites for hydroxylation is 1. The molecule has 0 aromatic carbocycles. The molecule has 2 amide bonds. The van der Waals surface area contributed by atoms with Gasteiger partial charge in [-0.1, -0.05) is 0 Å². The van der Waals surface area contributed by atoms with Gasteiger partial charge in [0.05, 0.1) is 6.04 Å². The first-order chi connectivity index (χ1) is 8.06. The van der Waals surface area contributed by atoms with Crippen molar-refractivity contribution < 1.29 is 4.79 Å². The third-order valence-corrected chi connectivity index (χ3v) is 4.58. The molecule has 1 aliphatic heterocycles. The summed E-state index contributed by atoms with van der Waals surface area (Å²) in [6, 6.07) is 2.47. The monoisotopic (exact) mass is 253 g/mol. The number of likely N-dealkylation sites (N-methyl/N-ethyl adjacent to an activating group) is 1. The predicted molar refractivity (Wildman–Crippen MR) is 70.2 cm³/mol. The van der Waals surface area contributed by atoms with Crippen LogP contribution >= 0.6 is 11.3 Å². The molecule has 2 N–H and O–H groups in total. The molecule has 2 unspecified atom stereocenters. The van der Waals surface area contributed by atoms with Crippen molar-refractivity contribution in [2.24, 2.45) is 5.73 Å². The number of amides is 2. The van der Waals surface area contributed by atoms with Crippen molar-refractivity contribution in [3.05, 3.63) is 21.9 Å². The first-order valence-electron chi connectivity index (χ1n) is 5.83. The second-order valence-electron chi connectivity index (χ2n) is 4.61. The quantitative estimate of drug-likeness (QED) is 0.893. The van der Waals surface area contributed by atoms with Gasteiger partial charge in [-0.25, -0.2) is 4.79 Å². The molecule has 4 nitrogen and oxygen atoms in total. The van der Waals surface area contributed by atoms with E-state index in [2.05, 4.69) is 18.4 Å². The number of nitrogens with two attached hydrogens (primary N) is 1. The SMILES string of the molecule is Cc1ccsc1C1CN(C(C)CN)C(=O)N1C. The van der Waals surface area contributed by atoms with E-state index in [1.807, 2.05) is 23.8 Å². The maximum absolute atomic E-state index is 12.1. The molecule has 1 aliphatic rings. The molecule has 1 aromatic heterocycles. The number of carbonyl (C=O) groups is 1. The molecule has 0 aliphatic carbocycles. The van der Waals surface area contributed by atoms with Gasteiger partial charge < -0.3 is 15.5 Å². The van der Waals surface area contributed by atoms with Crippen LogP contribution in [0.25, 0.3) is 0 Å². The van der Waals surface area contributed by atoms with E-state index in [9.17, 15) is 4.79 Å². The summed E-state index contributed by atoms with van der Waals surface area (Å²) in [5.74, 6) is 0. The van der Waals surface area contributed by atoms with Crippen LogP contribution in [0.3, 0.4) is 0 Å². The molecule has 17 heavy (non-hydrogen) atoms. The van der Waals surface area contributed by atoms with Crippen molar-refractivity contribution in [2.75, 3.05) is 20.1 Å². The third-order valence-electron chi connectivity index (χ3n) is 3.46. The van der Waals surface area contributed by atoms with Crippen LogP contribution in [-0.4, -0.2) is 42.0 Å². The number of rotatable bonds is 3. The van der Waals surface area contributed by atoms with Crippen molar-refractivity contribution in [1.29, 1.82) is 0 Å². The Kier molecular flexibility index (Phi) is 3.40. The van der Waals surface area contributed by atoms with E-state index in [-0.39, 0.29) is 18.1 Å². The summed E-state index contributed by atoms with van der Waals surface area (Å²) in [6.07, 6.45) is 0. The predicted octanol–water partition coefficient (Wildman–Crippen LogP) is 1.81. The van der Waals surface area contributed by atoms with Crippen LogP contribution in [-0.2, 0) is 0 Å². The fourth-order valence-electron chi connectivity index (χ4n) is 2.20. The highest BCUT2D eigenvalue weighted by molar-refractivity contribution is 7.10. The fourth-order valence-corrected chi connectivity index (χ4v) is 3.27. The highest BCUT2D eigenvalue weighted by Crippen LogP contribution is 2.34. The lowest BCUT2D eigenvalue weighted by atomic mass is 10.1. The average Bonchev–Trinajstić information content (AvgIpc) is 2.85. The van der Waals surface area contributed by atoms with Gasteiger partial charge in [0.25, 0.3) is 0 Å². The normalized spacial score (nSPS) is 22.4. The molecule has 0 saturated carbocycles. The van der Waals surface area contributed by atoms with Gasteiger partial charge in [-0.3, -0.25) is 0 Å². The minimum atomic E-state index is 0.0840. The Morgan fingerprint density at radius 1 is 1.65 bits per heavy atom. The largest absolute Gasteiger partial charge is 0.328 e. The second-order valence-corrected chi connectivity index (χ2v) is 5.56. The van der Waals surface area contributed by atoms with Crippen molar-refractivity contribution in [1.82, 2.24) is 9.80 Å². The van der Waals surface area contributed by atoms with E-state index < -0.39 is 0 Å². The molecule has 1 saturated heterocycles. The fraction of sp³-hybridized carbons (Fsp3) is 0.583. The summed E-state index contributed by atoms with van der Waals surface area (Å²) < 4.78 is 0. The van der Waals surface area contributed by atoms with Gasteiger partial charge in [-0.05, 0) is 30.9 Å². The maximum atomic E-state index is 12.1. The zero-order chi connectivity index (χ0) is 12.6. The molecule has 5 heteroatoms. The van der Waals surface area contributed by atoms with E-state index in [4.69, 9.17) is 5.73 Å². The van der Waals surface area contributed by atoms with Crippen molar-refractivity contribution in [2.45, 2.75) is 25.9 Å². The first kappa shape index (κ1) is 12.4. The van der Waals surface area contributed by atoms with E-state index >= 15 is 0 Å². The topological polar surface area (TPSA) is 49.6 Å². The lowest BCUT2D eigenvalue weighted by Gasteiger charge is -2.21. The van der Waals surface area contributed by atoms with Gasteiger partial charge in [0.15, 0.2) is 0 Å². The molecular weight excluding hydrogens is 234 g/mol. The van der Waals surface area contributed by atoms with Gasteiger partial charge in [0.2, 0.25) is 0 Å². The third kappa shape index (κ3) is 2.05. The highest BCUT2D eigenvalue weighted by atomic mass is 32.1. The minimum Gasteiger partial charge on any atom is -0.328 e. The number of hydrogen-bond donors (Lipinski definition) is 1. The van der Waals surface area contributed by atoms with Gasteiger partial charge in [0, 0.05) is 31.1 Å². The van der Waals surface area contributed by atoms with E-state index in [0.717, 1.165) is 6.54 Å². The molecule has 2 rings (SSSR count). The Bertz CT molecular complexity index is 418. The summed E-state index contributed by atoms with van der Waals surface area (Å²) in [7, 11) is 1.87. The van der Waals surface area contributed by atoms with E-state index in [1.54, 1.807) is 11.3 Å². The van der Waals surface area contributed by atoms with Crippen LogP contribution in [0.2, 0.25) is 0 Å². The molecular formula is C12H19N3OS. The summed E-state index contributed by atoms with van der Waals surface area (Å²) in [5, 5.41) is 2.08. The minimum absolute atomic E-state index is 0.0840. The maximum Gasteiger partial charge on any atom is 0.320 e. The van der Waals surface area contributed by atoms with Crippen molar-refractivity contribution >= 4 is 17.4 Å². The summed E-state index contributed by atoms with van der Waals surface area (Å²) in [6.45, 7) is 5.35. The van der Waals surface area contributed by atoms with Gasteiger partial charge in [-0.15, -0.1) is 11.3 Å². The molecule has 1 fully saturated rings. The van der Waals surface area contributed by atoms with E-state index in [0.29, 0.717) is 6.54 Å². The van der Waals surface area contributed by atoms with Gasteiger partial charge >= 0.3 is 6.03 Å². The number of hydrogen-bond acceptors (Lipinski definition) is 3. The molecule has 2 atom stereocenters. The zero-order valence-electron chi connectivity index (χ0n) is 10.5. The van der Waals surface area contributed by atoms with Crippen molar-refractivity contribution in [3.63, 3.8) is 0 Å². The van der Waals surface area contributed by atoms with Gasteiger partial charge in [-0.2, -0.15) is 0 Å². The Hall–Kier alpha value is -1.07. The number of thiophene rings is 1. The zero-order valence-corrected chi connectivity index (χ0v) is 11.3. The van der Waals surface area contributed by atoms with Crippen LogP contribution in [0.5, 0.6) is 0 Å². The summed E-state index contributed by atoms with van der Waals surface area (Å²) >= 11 is 1.72. The Morgan fingerprint density at radius 2 is 2.35 bits per heavy atom. The van der Waals surface area contributed by atoms with Crippen LogP contribution in [0.15, 0.2) is 11.4 Å². The Balaban J connectivity index is 2.23. The summed E-state index contributed by atoms with van der Waals surface area (Å²) in [4.78, 5) is 17.1.